The number of methoxy groups -OCH3 is 1. The Morgan fingerprint density at radius 2 is 1.84 bits per heavy atom. The van der Waals surface area contributed by atoms with E-state index in [1.165, 1.54) is 0 Å². The molecule has 0 amide bonds. The fourth-order valence-electron chi connectivity index (χ4n) is 3.11. The fraction of sp³-hybridized carbons (Fsp3) is 0.0833. The number of halogens is 2. The summed E-state index contributed by atoms with van der Waals surface area (Å²) in [5, 5.41) is 4.59. The average molecular weight is 546 g/mol. The van der Waals surface area contributed by atoms with Gasteiger partial charge in [-0.25, -0.2) is 4.79 Å². The second-order valence-electron chi connectivity index (χ2n) is 6.66. The molecule has 0 unspecified atom stereocenters. The number of carbonyl (C=O) groups is 1. The van der Waals surface area contributed by atoms with Crippen molar-refractivity contribution in [2.24, 2.45) is 5.16 Å². The van der Waals surface area contributed by atoms with Crippen LogP contribution in [-0.4, -0.2) is 18.8 Å². The number of nitrogens with zero attached hydrogens (tertiary/aromatic N) is 1. The van der Waals surface area contributed by atoms with Crippen LogP contribution in [-0.2, 0) is 16.2 Å². The highest BCUT2D eigenvalue weighted by Gasteiger charge is 2.27. The molecule has 0 spiro atoms. The molecule has 1 aliphatic heterocycles. The minimum Gasteiger partial charge on any atom is -0.493 e. The van der Waals surface area contributed by atoms with Crippen molar-refractivity contribution < 1.29 is 19.1 Å². The number of oxime groups is 1. The maximum Gasteiger partial charge on any atom is 0.368 e. The SMILES string of the molecule is COc1cc(/C=C2\C(=O)ON=C2c2ccccc2)cc(I)c1OCc1ccccc1Cl. The average Bonchev–Trinajstić information content (AvgIpc) is 3.14. The van der Waals surface area contributed by atoms with Crippen molar-refractivity contribution in [1.82, 2.24) is 0 Å². The lowest BCUT2D eigenvalue weighted by Gasteiger charge is -2.14. The highest BCUT2D eigenvalue weighted by molar-refractivity contribution is 14.1. The number of hydrogen-bond acceptors (Lipinski definition) is 5. The second-order valence-corrected chi connectivity index (χ2v) is 8.23. The number of hydrogen-bond donors (Lipinski definition) is 0. The van der Waals surface area contributed by atoms with Crippen LogP contribution >= 0.6 is 34.2 Å². The molecule has 0 radical (unpaired) electrons. The minimum atomic E-state index is -0.494. The molecular weight excluding hydrogens is 529 g/mol. The van der Waals surface area contributed by atoms with Crippen molar-refractivity contribution in [2.45, 2.75) is 6.61 Å². The Balaban J connectivity index is 1.64. The molecule has 0 saturated carbocycles. The van der Waals surface area contributed by atoms with Gasteiger partial charge in [0.1, 0.15) is 12.3 Å². The van der Waals surface area contributed by atoms with E-state index >= 15 is 0 Å². The van der Waals surface area contributed by atoms with E-state index in [-0.39, 0.29) is 0 Å². The van der Waals surface area contributed by atoms with Crippen molar-refractivity contribution >= 4 is 51.9 Å². The van der Waals surface area contributed by atoms with Gasteiger partial charge < -0.3 is 14.3 Å². The van der Waals surface area contributed by atoms with Gasteiger partial charge >= 0.3 is 5.97 Å². The molecule has 31 heavy (non-hydrogen) atoms. The molecule has 4 rings (SSSR count). The van der Waals surface area contributed by atoms with E-state index < -0.39 is 5.97 Å². The van der Waals surface area contributed by atoms with E-state index in [0.717, 1.165) is 20.3 Å². The normalized spacial score (nSPS) is 14.4. The summed E-state index contributed by atoms with van der Waals surface area (Å²) in [6.07, 6.45) is 1.74. The van der Waals surface area contributed by atoms with Crippen LogP contribution in [0.5, 0.6) is 11.5 Å². The predicted octanol–water partition coefficient (Wildman–Crippen LogP) is 5.88. The van der Waals surface area contributed by atoms with Crippen LogP contribution in [0.15, 0.2) is 77.5 Å². The molecule has 7 heteroatoms. The minimum absolute atomic E-state index is 0.309. The van der Waals surface area contributed by atoms with Gasteiger partial charge in [0.2, 0.25) is 0 Å². The Kier molecular flexibility index (Phi) is 6.58. The predicted molar refractivity (Wildman–Crippen MR) is 129 cm³/mol. The Bertz CT molecular complexity index is 1190. The molecule has 156 valence electrons. The van der Waals surface area contributed by atoms with Gasteiger partial charge in [0.15, 0.2) is 11.5 Å². The Hall–Kier alpha value is -2.84. The van der Waals surface area contributed by atoms with E-state index in [1.54, 1.807) is 13.2 Å². The third kappa shape index (κ3) is 4.75. The summed E-state index contributed by atoms with van der Waals surface area (Å²) >= 11 is 8.41. The van der Waals surface area contributed by atoms with Crippen LogP contribution in [0.25, 0.3) is 6.08 Å². The van der Waals surface area contributed by atoms with Crippen LogP contribution in [0.3, 0.4) is 0 Å². The zero-order chi connectivity index (χ0) is 21.8. The molecule has 3 aromatic rings. The topological polar surface area (TPSA) is 57.1 Å². The zero-order valence-corrected chi connectivity index (χ0v) is 19.4. The molecule has 0 N–H and O–H groups in total. The third-order valence-corrected chi connectivity index (χ3v) is 5.80. The van der Waals surface area contributed by atoms with Gasteiger partial charge in [0.05, 0.1) is 16.3 Å². The van der Waals surface area contributed by atoms with E-state index in [2.05, 4.69) is 27.7 Å². The van der Waals surface area contributed by atoms with Crippen LogP contribution in [0, 0.1) is 3.57 Å². The quantitative estimate of drug-likeness (QED) is 0.221. The van der Waals surface area contributed by atoms with Crippen LogP contribution in [0.1, 0.15) is 16.7 Å². The monoisotopic (exact) mass is 545 g/mol. The van der Waals surface area contributed by atoms with E-state index in [1.807, 2.05) is 66.7 Å². The van der Waals surface area contributed by atoms with Gasteiger partial charge in [-0.15, -0.1) is 0 Å². The Labute approximate surface area is 198 Å². The molecule has 0 bridgehead atoms. The van der Waals surface area contributed by atoms with Crippen molar-refractivity contribution in [3.8, 4) is 11.5 Å². The van der Waals surface area contributed by atoms with Crippen molar-refractivity contribution in [1.29, 1.82) is 0 Å². The molecule has 0 fully saturated rings. The first kappa shape index (κ1) is 21.4. The molecule has 1 heterocycles. The Morgan fingerprint density at radius 1 is 1.10 bits per heavy atom. The maximum atomic E-state index is 12.3. The first-order chi connectivity index (χ1) is 15.1. The number of rotatable bonds is 6. The lowest BCUT2D eigenvalue weighted by molar-refractivity contribution is -0.136. The summed E-state index contributed by atoms with van der Waals surface area (Å²) in [7, 11) is 1.57. The first-order valence-corrected chi connectivity index (χ1v) is 10.8. The zero-order valence-electron chi connectivity index (χ0n) is 16.5. The van der Waals surface area contributed by atoms with Gasteiger partial charge in [0.25, 0.3) is 0 Å². The maximum absolute atomic E-state index is 12.3. The van der Waals surface area contributed by atoms with Gasteiger partial charge in [0, 0.05) is 16.1 Å². The van der Waals surface area contributed by atoms with E-state index in [4.69, 9.17) is 25.9 Å². The fourth-order valence-corrected chi connectivity index (χ4v) is 4.08. The van der Waals surface area contributed by atoms with Gasteiger partial charge in [-0.05, 0) is 52.4 Å². The molecule has 5 nitrogen and oxygen atoms in total. The number of ether oxygens (including phenoxy) is 2. The van der Waals surface area contributed by atoms with E-state index in [9.17, 15) is 4.79 Å². The summed E-state index contributed by atoms with van der Waals surface area (Å²) in [5.41, 5.74) is 3.34. The lowest BCUT2D eigenvalue weighted by Crippen LogP contribution is -2.07. The van der Waals surface area contributed by atoms with Crippen LogP contribution < -0.4 is 9.47 Å². The van der Waals surface area contributed by atoms with Gasteiger partial charge in [-0.3, -0.25) is 0 Å². The van der Waals surface area contributed by atoms with Gasteiger partial charge in [-0.2, -0.15) is 0 Å². The summed E-state index contributed by atoms with van der Waals surface area (Å²) < 4.78 is 12.4. The third-order valence-electron chi connectivity index (χ3n) is 4.63. The van der Waals surface area contributed by atoms with Crippen molar-refractivity contribution in [3.63, 3.8) is 0 Å². The number of carbonyl (C=O) groups excluding carboxylic acids is 1. The molecule has 1 aliphatic rings. The van der Waals surface area contributed by atoms with Gasteiger partial charge in [-0.1, -0.05) is 65.3 Å². The molecule has 3 aromatic carbocycles. The lowest BCUT2D eigenvalue weighted by atomic mass is 10.0. The molecule has 0 aliphatic carbocycles. The number of benzene rings is 3. The summed E-state index contributed by atoms with van der Waals surface area (Å²) in [6.45, 7) is 0.309. The molecule has 0 saturated heterocycles. The first-order valence-electron chi connectivity index (χ1n) is 9.37. The van der Waals surface area contributed by atoms with Crippen molar-refractivity contribution in [3.05, 3.63) is 97.6 Å². The van der Waals surface area contributed by atoms with Crippen molar-refractivity contribution in [2.75, 3.05) is 7.11 Å². The van der Waals surface area contributed by atoms with E-state index in [0.29, 0.717) is 34.4 Å². The highest BCUT2D eigenvalue weighted by Crippen LogP contribution is 2.36. The highest BCUT2D eigenvalue weighted by atomic mass is 127. The van der Waals surface area contributed by atoms with Crippen LogP contribution in [0.2, 0.25) is 5.02 Å². The summed E-state index contributed by atoms with van der Waals surface area (Å²) in [4.78, 5) is 17.2. The molecular formula is C24H17ClINO4. The summed E-state index contributed by atoms with van der Waals surface area (Å²) in [6, 6.07) is 20.7. The molecule has 0 atom stereocenters. The summed E-state index contributed by atoms with van der Waals surface area (Å²) in [5.74, 6) is 0.665. The van der Waals surface area contributed by atoms with Crippen LogP contribution in [0.4, 0.5) is 0 Å². The smallest absolute Gasteiger partial charge is 0.368 e. The second kappa shape index (κ2) is 9.53. The Morgan fingerprint density at radius 3 is 2.58 bits per heavy atom. The largest absolute Gasteiger partial charge is 0.493 e. The molecule has 0 aromatic heterocycles. The standard InChI is InChI=1S/C24H17ClINO4/c1-29-21-13-15(11-18-22(27-31-24(18)28)16-7-3-2-4-8-16)12-20(26)23(21)30-14-17-9-5-6-10-19(17)25/h2-13H,14H2,1H3/b18-11-.